The summed E-state index contributed by atoms with van der Waals surface area (Å²) in [6.45, 7) is 4.37. The Morgan fingerprint density at radius 3 is 1.68 bits per heavy atom. The fourth-order valence-corrected chi connectivity index (χ4v) is 2.80. The molecule has 0 saturated carbocycles. The standard InChI is InChI=1S/C19H40N2O/c1-5-7-8-9-10-11-12-13-14-15-16-17-19(22)20-18(6-2)21(3)4/h18H,5-17H2,1-4H3,(H,20,22). The maximum atomic E-state index is 11.8. The van der Waals surface area contributed by atoms with E-state index in [0.29, 0.717) is 6.42 Å². The van der Waals surface area contributed by atoms with E-state index in [-0.39, 0.29) is 12.1 Å². The van der Waals surface area contributed by atoms with Crippen molar-refractivity contribution in [3.8, 4) is 0 Å². The van der Waals surface area contributed by atoms with Gasteiger partial charge in [-0.3, -0.25) is 9.69 Å². The molecule has 0 fully saturated rings. The zero-order chi connectivity index (χ0) is 16.6. The van der Waals surface area contributed by atoms with E-state index in [1.165, 1.54) is 64.2 Å². The van der Waals surface area contributed by atoms with Crippen molar-refractivity contribution < 1.29 is 4.79 Å². The Kier molecular flexibility index (Phi) is 14.9. The molecule has 0 radical (unpaired) electrons. The molecular weight excluding hydrogens is 272 g/mol. The summed E-state index contributed by atoms with van der Waals surface area (Å²) >= 11 is 0. The maximum Gasteiger partial charge on any atom is 0.221 e. The van der Waals surface area contributed by atoms with E-state index in [4.69, 9.17) is 0 Å². The third kappa shape index (κ3) is 13.1. The highest BCUT2D eigenvalue weighted by molar-refractivity contribution is 5.76. The molecule has 0 bridgehead atoms. The average Bonchev–Trinajstić information content (AvgIpc) is 2.50. The van der Waals surface area contributed by atoms with Gasteiger partial charge in [0.25, 0.3) is 0 Å². The minimum absolute atomic E-state index is 0.181. The molecule has 0 saturated heterocycles. The van der Waals surface area contributed by atoms with Gasteiger partial charge in [-0.1, -0.05) is 78.1 Å². The SMILES string of the molecule is CCCCCCCCCCCCCC(=O)NC(CC)N(C)C. The van der Waals surface area contributed by atoms with Gasteiger partial charge in [0.15, 0.2) is 0 Å². The summed E-state index contributed by atoms with van der Waals surface area (Å²) in [5.74, 6) is 0.205. The molecule has 3 nitrogen and oxygen atoms in total. The maximum absolute atomic E-state index is 11.8. The number of hydrogen-bond acceptors (Lipinski definition) is 2. The van der Waals surface area contributed by atoms with Crippen molar-refractivity contribution in [2.75, 3.05) is 14.1 Å². The molecule has 3 heteroatoms. The number of hydrogen-bond donors (Lipinski definition) is 1. The van der Waals surface area contributed by atoms with Gasteiger partial charge in [0.2, 0.25) is 5.91 Å². The van der Waals surface area contributed by atoms with Gasteiger partial charge < -0.3 is 5.32 Å². The van der Waals surface area contributed by atoms with Crippen LogP contribution in [-0.2, 0) is 4.79 Å². The second-order valence-corrected chi connectivity index (χ2v) is 6.74. The summed E-state index contributed by atoms with van der Waals surface area (Å²) in [6, 6.07) is 0. The van der Waals surface area contributed by atoms with Gasteiger partial charge >= 0.3 is 0 Å². The fraction of sp³-hybridized carbons (Fsp3) is 0.947. The Morgan fingerprint density at radius 2 is 1.27 bits per heavy atom. The first-order valence-electron chi connectivity index (χ1n) is 9.57. The highest BCUT2D eigenvalue weighted by atomic mass is 16.1. The lowest BCUT2D eigenvalue weighted by Gasteiger charge is -2.23. The van der Waals surface area contributed by atoms with Crippen molar-refractivity contribution in [2.45, 2.75) is 103 Å². The molecule has 0 spiro atoms. The highest BCUT2D eigenvalue weighted by Gasteiger charge is 2.11. The topological polar surface area (TPSA) is 32.3 Å². The number of amides is 1. The first-order valence-corrected chi connectivity index (χ1v) is 9.57. The van der Waals surface area contributed by atoms with E-state index in [2.05, 4.69) is 24.1 Å². The Hall–Kier alpha value is -0.570. The van der Waals surface area contributed by atoms with Gasteiger partial charge in [0.05, 0.1) is 6.17 Å². The second kappa shape index (κ2) is 15.3. The summed E-state index contributed by atoms with van der Waals surface area (Å²) < 4.78 is 0. The first-order chi connectivity index (χ1) is 10.6. The number of nitrogens with zero attached hydrogens (tertiary/aromatic N) is 1. The molecular formula is C19H40N2O. The monoisotopic (exact) mass is 312 g/mol. The number of unbranched alkanes of at least 4 members (excludes halogenated alkanes) is 10. The van der Waals surface area contributed by atoms with Gasteiger partial charge in [0, 0.05) is 6.42 Å². The Labute approximate surface area is 139 Å². The van der Waals surface area contributed by atoms with E-state index in [0.717, 1.165) is 12.8 Å². The summed E-state index contributed by atoms with van der Waals surface area (Å²) in [7, 11) is 4.02. The Bertz CT molecular complexity index is 254. The van der Waals surface area contributed by atoms with Crippen LogP contribution in [0.25, 0.3) is 0 Å². The fourth-order valence-electron chi connectivity index (χ4n) is 2.80. The van der Waals surface area contributed by atoms with E-state index in [1.807, 2.05) is 14.1 Å². The average molecular weight is 313 g/mol. The predicted molar refractivity (Wildman–Crippen MR) is 97.0 cm³/mol. The quantitative estimate of drug-likeness (QED) is 0.337. The number of nitrogens with one attached hydrogen (secondary N) is 1. The van der Waals surface area contributed by atoms with Crippen LogP contribution >= 0.6 is 0 Å². The lowest BCUT2D eigenvalue weighted by atomic mass is 10.1. The third-order valence-corrected chi connectivity index (χ3v) is 4.35. The van der Waals surface area contributed by atoms with Crippen LogP contribution in [0.15, 0.2) is 0 Å². The highest BCUT2D eigenvalue weighted by Crippen LogP contribution is 2.12. The molecule has 0 aliphatic carbocycles. The van der Waals surface area contributed by atoms with Crippen LogP contribution in [0.3, 0.4) is 0 Å². The van der Waals surface area contributed by atoms with Gasteiger partial charge in [-0.2, -0.15) is 0 Å². The minimum Gasteiger partial charge on any atom is -0.341 e. The summed E-state index contributed by atoms with van der Waals surface area (Å²) in [5, 5.41) is 3.09. The van der Waals surface area contributed by atoms with Crippen LogP contribution in [0.2, 0.25) is 0 Å². The number of carbonyl (C=O) groups excluding carboxylic acids is 1. The first kappa shape index (κ1) is 21.4. The van der Waals surface area contributed by atoms with E-state index in [1.54, 1.807) is 0 Å². The van der Waals surface area contributed by atoms with Gasteiger partial charge in [-0.15, -0.1) is 0 Å². The van der Waals surface area contributed by atoms with Crippen molar-refractivity contribution in [1.29, 1.82) is 0 Å². The van der Waals surface area contributed by atoms with E-state index >= 15 is 0 Å². The molecule has 1 atom stereocenters. The van der Waals surface area contributed by atoms with Crippen molar-refractivity contribution in [2.24, 2.45) is 0 Å². The molecule has 0 aromatic carbocycles. The lowest BCUT2D eigenvalue weighted by Crippen LogP contribution is -2.44. The Balaban J connectivity index is 3.33. The van der Waals surface area contributed by atoms with Crippen LogP contribution in [0.5, 0.6) is 0 Å². The molecule has 22 heavy (non-hydrogen) atoms. The smallest absolute Gasteiger partial charge is 0.221 e. The molecule has 0 aliphatic heterocycles. The van der Waals surface area contributed by atoms with Crippen LogP contribution < -0.4 is 5.32 Å². The summed E-state index contributed by atoms with van der Waals surface area (Å²) in [5.41, 5.74) is 0. The second-order valence-electron chi connectivity index (χ2n) is 6.74. The normalized spacial score (nSPS) is 12.6. The van der Waals surface area contributed by atoms with E-state index in [9.17, 15) is 4.79 Å². The van der Waals surface area contributed by atoms with Crippen molar-refractivity contribution in [3.05, 3.63) is 0 Å². The van der Waals surface area contributed by atoms with Gasteiger partial charge in [-0.05, 0) is 26.9 Å². The molecule has 0 heterocycles. The molecule has 1 unspecified atom stereocenters. The molecule has 1 amide bonds. The number of carbonyl (C=O) groups is 1. The summed E-state index contributed by atoms with van der Waals surface area (Å²) in [6.07, 6.45) is 16.4. The van der Waals surface area contributed by atoms with Gasteiger partial charge in [0.1, 0.15) is 0 Å². The molecule has 0 aromatic rings. The number of rotatable bonds is 15. The molecule has 0 aromatic heterocycles. The van der Waals surface area contributed by atoms with Crippen molar-refractivity contribution >= 4 is 5.91 Å². The van der Waals surface area contributed by atoms with Crippen LogP contribution in [0, 0.1) is 0 Å². The predicted octanol–water partition coefficient (Wildman–Crippen LogP) is 5.10. The molecule has 132 valence electrons. The van der Waals surface area contributed by atoms with E-state index < -0.39 is 0 Å². The van der Waals surface area contributed by atoms with Crippen LogP contribution in [0.4, 0.5) is 0 Å². The minimum atomic E-state index is 0.181. The molecule has 1 N–H and O–H groups in total. The molecule has 0 aliphatic rings. The summed E-state index contributed by atoms with van der Waals surface area (Å²) in [4.78, 5) is 13.9. The van der Waals surface area contributed by atoms with Crippen LogP contribution in [-0.4, -0.2) is 31.1 Å². The van der Waals surface area contributed by atoms with Crippen molar-refractivity contribution in [3.63, 3.8) is 0 Å². The Morgan fingerprint density at radius 1 is 0.818 bits per heavy atom. The van der Waals surface area contributed by atoms with Gasteiger partial charge in [-0.25, -0.2) is 0 Å². The zero-order valence-electron chi connectivity index (χ0n) is 15.6. The lowest BCUT2D eigenvalue weighted by molar-refractivity contribution is -0.123. The third-order valence-electron chi connectivity index (χ3n) is 4.35. The van der Waals surface area contributed by atoms with Crippen LogP contribution in [0.1, 0.15) is 97.3 Å². The molecule has 0 rings (SSSR count). The van der Waals surface area contributed by atoms with Crippen molar-refractivity contribution in [1.82, 2.24) is 10.2 Å². The zero-order valence-corrected chi connectivity index (χ0v) is 15.6. The largest absolute Gasteiger partial charge is 0.341 e.